The third-order valence-corrected chi connectivity index (χ3v) is 4.76. The molecule has 1 aromatic carbocycles. The molecule has 4 rings (SSSR count). The Morgan fingerprint density at radius 1 is 1.15 bits per heavy atom. The van der Waals surface area contributed by atoms with Crippen LogP contribution in [0.25, 0.3) is 0 Å². The lowest BCUT2D eigenvalue weighted by atomic mass is 10.0. The van der Waals surface area contributed by atoms with Gasteiger partial charge in [-0.15, -0.1) is 0 Å². The Hall–Kier alpha value is -1.55. The summed E-state index contributed by atoms with van der Waals surface area (Å²) < 4.78 is 5.21. The molecule has 0 saturated carbocycles. The van der Waals surface area contributed by atoms with E-state index < -0.39 is 0 Å². The molecule has 20 heavy (non-hydrogen) atoms. The van der Waals surface area contributed by atoms with E-state index >= 15 is 0 Å². The Labute approximate surface area is 120 Å². The summed E-state index contributed by atoms with van der Waals surface area (Å²) in [6.45, 7) is 2.41. The molecule has 0 aliphatic carbocycles. The van der Waals surface area contributed by atoms with Crippen LogP contribution in [0.2, 0.25) is 0 Å². The van der Waals surface area contributed by atoms with Gasteiger partial charge in [0.05, 0.1) is 6.04 Å². The van der Waals surface area contributed by atoms with Gasteiger partial charge in [0.1, 0.15) is 6.61 Å². The molecule has 3 aliphatic heterocycles. The Balaban J connectivity index is 0.00000121. The Kier molecular flexibility index (Phi) is 3.42. The minimum Gasteiger partial charge on any atom is -0.447 e. The first-order valence-corrected chi connectivity index (χ1v) is 7.06. The standard InChI is InChI=1S/C15H18N2O2.CH4/c18-15-17-9-12-6-7-13(14(17)10-19-15)16(12)8-11-4-2-1-3-5-11;/h1-5,12-14H,6-10H2;1H4. The van der Waals surface area contributed by atoms with Crippen molar-refractivity contribution in [1.29, 1.82) is 0 Å². The van der Waals surface area contributed by atoms with E-state index in [9.17, 15) is 4.79 Å². The molecule has 1 amide bonds. The lowest BCUT2D eigenvalue weighted by Gasteiger charge is -2.42. The van der Waals surface area contributed by atoms with E-state index in [4.69, 9.17) is 4.74 Å². The van der Waals surface area contributed by atoms with E-state index in [-0.39, 0.29) is 19.6 Å². The highest BCUT2D eigenvalue weighted by Crippen LogP contribution is 2.37. The van der Waals surface area contributed by atoms with Crippen LogP contribution in [0.5, 0.6) is 0 Å². The van der Waals surface area contributed by atoms with Gasteiger partial charge >= 0.3 is 6.09 Å². The van der Waals surface area contributed by atoms with Crippen LogP contribution in [0.4, 0.5) is 4.79 Å². The fourth-order valence-corrected chi connectivity index (χ4v) is 3.84. The maximum atomic E-state index is 11.7. The number of rotatable bonds is 2. The highest BCUT2D eigenvalue weighted by atomic mass is 16.6. The number of amides is 1. The summed E-state index contributed by atoms with van der Waals surface area (Å²) in [5.74, 6) is 0. The Morgan fingerprint density at radius 3 is 2.75 bits per heavy atom. The van der Waals surface area contributed by atoms with Crippen molar-refractivity contribution in [2.45, 2.75) is 44.9 Å². The molecule has 108 valence electrons. The van der Waals surface area contributed by atoms with Crippen molar-refractivity contribution in [2.24, 2.45) is 0 Å². The molecule has 3 saturated heterocycles. The van der Waals surface area contributed by atoms with E-state index in [0.717, 1.165) is 13.1 Å². The number of piperazine rings is 1. The minimum absolute atomic E-state index is 0. The lowest BCUT2D eigenvalue weighted by Crippen LogP contribution is -2.58. The van der Waals surface area contributed by atoms with Gasteiger partial charge in [-0.2, -0.15) is 0 Å². The molecule has 0 spiro atoms. The van der Waals surface area contributed by atoms with Crippen molar-refractivity contribution in [3.8, 4) is 0 Å². The van der Waals surface area contributed by atoms with E-state index in [1.807, 2.05) is 4.90 Å². The lowest BCUT2D eigenvalue weighted by molar-refractivity contribution is 0.0522. The third kappa shape index (κ3) is 1.99. The Morgan fingerprint density at radius 2 is 1.95 bits per heavy atom. The normalized spacial score (nSPS) is 31.7. The third-order valence-electron chi connectivity index (χ3n) is 4.76. The quantitative estimate of drug-likeness (QED) is 0.830. The first-order chi connectivity index (χ1) is 9.33. The first-order valence-electron chi connectivity index (χ1n) is 7.06. The highest BCUT2D eigenvalue weighted by molar-refractivity contribution is 5.70. The zero-order valence-electron chi connectivity index (χ0n) is 10.9. The molecular formula is C16H22N2O2. The van der Waals surface area contributed by atoms with Crippen molar-refractivity contribution in [1.82, 2.24) is 9.80 Å². The minimum atomic E-state index is -0.110. The molecule has 1 aromatic rings. The zero-order valence-corrected chi connectivity index (χ0v) is 10.9. The monoisotopic (exact) mass is 274 g/mol. The molecule has 0 aromatic heterocycles. The van der Waals surface area contributed by atoms with Crippen LogP contribution in [0.3, 0.4) is 0 Å². The van der Waals surface area contributed by atoms with Crippen molar-refractivity contribution in [3.05, 3.63) is 35.9 Å². The van der Waals surface area contributed by atoms with Crippen molar-refractivity contribution in [2.75, 3.05) is 13.2 Å². The van der Waals surface area contributed by atoms with Crippen molar-refractivity contribution >= 4 is 6.09 Å². The Bertz CT molecular complexity index is 491. The van der Waals surface area contributed by atoms with Gasteiger partial charge in [0, 0.05) is 25.2 Å². The second-order valence-corrected chi connectivity index (χ2v) is 5.75. The van der Waals surface area contributed by atoms with Gasteiger partial charge in [0.15, 0.2) is 0 Å². The number of benzene rings is 1. The van der Waals surface area contributed by atoms with Gasteiger partial charge in [-0.25, -0.2) is 4.79 Å². The zero-order chi connectivity index (χ0) is 12.8. The number of hydrogen-bond donors (Lipinski definition) is 0. The predicted molar refractivity (Wildman–Crippen MR) is 77.4 cm³/mol. The van der Waals surface area contributed by atoms with Crippen LogP contribution in [0.15, 0.2) is 30.3 Å². The highest BCUT2D eigenvalue weighted by Gasteiger charge is 2.51. The van der Waals surface area contributed by atoms with Gasteiger partial charge in [-0.1, -0.05) is 37.8 Å². The van der Waals surface area contributed by atoms with Crippen LogP contribution in [0, 0.1) is 0 Å². The SMILES string of the molecule is C.O=C1OCC2C3CCC(CN12)N3Cc1ccccc1. The number of cyclic esters (lactones) is 1. The smallest absolute Gasteiger partial charge is 0.410 e. The van der Waals surface area contributed by atoms with Crippen molar-refractivity contribution in [3.63, 3.8) is 0 Å². The maximum Gasteiger partial charge on any atom is 0.410 e. The predicted octanol–water partition coefficient (Wildman–Crippen LogP) is 2.49. The summed E-state index contributed by atoms with van der Waals surface area (Å²) in [5, 5.41) is 0. The number of ether oxygens (including phenoxy) is 1. The van der Waals surface area contributed by atoms with Gasteiger partial charge in [-0.05, 0) is 18.4 Å². The number of carbonyl (C=O) groups excluding carboxylic acids is 1. The molecule has 4 heteroatoms. The summed E-state index contributed by atoms with van der Waals surface area (Å²) >= 11 is 0. The fraction of sp³-hybridized carbons (Fsp3) is 0.562. The van der Waals surface area contributed by atoms with E-state index in [2.05, 4.69) is 35.2 Å². The van der Waals surface area contributed by atoms with Gasteiger partial charge in [-0.3, -0.25) is 9.80 Å². The first kappa shape index (κ1) is 13.4. The van der Waals surface area contributed by atoms with Gasteiger partial charge in [0.25, 0.3) is 0 Å². The average molecular weight is 274 g/mol. The van der Waals surface area contributed by atoms with Crippen LogP contribution >= 0.6 is 0 Å². The molecule has 3 fully saturated rings. The van der Waals surface area contributed by atoms with E-state index in [0.29, 0.717) is 18.7 Å². The molecule has 3 atom stereocenters. The number of nitrogens with zero attached hydrogens (tertiary/aromatic N) is 2. The topological polar surface area (TPSA) is 32.8 Å². The fourth-order valence-electron chi connectivity index (χ4n) is 3.84. The van der Waals surface area contributed by atoms with Gasteiger partial charge < -0.3 is 4.74 Å². The summed E-state index contributed by atoms with van der Waals surface area (Å²) in [5.41, 5.74) is 1.36. The second-order valence-electron chi connectivity index (χ2n) is 5.75. The molecule has 2 bridgehead atoms. The number of fused-ring (bicyclic) bond motifs is 4. The van der Waals surface area contributed by atoms with Crippen LogP contribution < -0.4 is 0 Å². The summed E-state index contributed by atoms with van der Waals surface area (Å²) in [4.78, 5) is 16.2. The molecule has 3 unspecified atom stereocenters. The molecule has 4 nitrogen and oxygen atoms in total. The summed E-state index contributed by atoms with van der Waals surface area (Å²) in [6.07, 6.45) is 2.29. The van der Waals surface area contributed by atoms with Crippen LogP contribution in [-0.2, 0) is 11.3 Å². The second kappa shape index (κ2) is 5.09. The largest absolute Gasteiger partial charge is 0.447 e. The number of hydrogen-bond acceptors (Lipinski definition) is 3. The average Bonchev–Trinajstić information content (AvgIpc) is 2.93. The molecule has 0 radical (unpaired) electrons. The van der Waals surface area contributed by atoms with Crippen LogP contribution in [0.1, 0.15) is 25.8 Å². The van der Waals surface area contributed by atoms with Gasteiger partial charge in [0.2, 0.25) is 0 Å². The summed E-state index contributed by atoms with van der Waals surface area (Å²) in [6, 6.07) is 11.9. The maximum absolute atomic E-state index is 11.7. The van der Waals surface area contributed by atoms with E-state index in [1.165, 1.54) is 18.4 Å². The van der Waals surface area contributed by atoms with E-state index in [1.54, 1.807) is 0 Å². The molecule has 3 aliphatic rings. The van der Waals surface area contributed by atoms with Crippen molar-refractivity contribution < 1.29 is 9.53 Å². The molecular weight excluding hydrogens is 252 g/mol. The number of carbonyl (C=O) groups is 1. The summed E-state index contributed by atoms with van der Waals surface area (Å²) in [7, 11) is 0. The molecule has 3 heterocycles. The molecule has 0 N–H and O–H groups in total. The van der Waals surface area contributed by atoms with Crippen LogP contribution in [-0.4, -0.2) is 47.2 Å².